The van der Waals surface area contributed by atoms with Crippen molar-refractivity contribution in [1.82, 2.24) is 4.98 Å². The first-order chi connectivity index (χ1) is 9.74. The molecule has 2 aromatic rings. The third kappa shape index (κ3) is 2.96. The van der Waals surface area contributed by atoms with Crippen LogP contribution in [0.4, 0.5) is 11.4 Å². The molecule has 0 bridgehead atoms. The van der Waals surface area contributed by atoms with E-state index in [0.29, 0.717) is 16.8 Å². The number of aryl methyl sites for hydroxylation is 1. The number of nitrogen functional groups attached to an aromatic ring is 1. The summed E-state index contributed by atoms with van der Waals surface area (Å²) in [7, 11) is -3.80. The number of nitrogens with one attached hydrogen (secondary N) is 1. The average molecular weight is 326 g/mol. The van der Waals surface area contributed by atoms with Gasteiger partial charge in [-0.05, 0) is 55.7 Å². The molecule has 5 nitrogen and oxygen atoms in total. The van der Waals surface area contributed by atoms with Crippen LogP contribution in [-0.4, -0.2) is 13.4 Å². The largest absolute Gasteiger partial charge is 0.398 e. The van der Waals surface area contributed by atoms with Gasteiger partial charge in [0.1, 0.15) is 0 Å². The maximum absolute atomic E-state index is 12.6. The standard InChI is InChI=1S/C14H16ClN3O2S/c1-8-7-11(16)10(3)13(9(8)2)21(19,20)18-12-5-4-6-17-14(12)15/h4-7,18H,16H2,1-3H3. The van der Waals surface area contributed by atoms with E-state index >= 15 is 0 Å². The Morgan fingerprint density at radius 1 is 1.24 bits per heavy atom. The van der Waals surface area contributed by atoms with Gasteiger partial charge >= 0.3 is 0 Å². The fourth-order valence-corrected chi connectivity index (χ4v) is 3.97. The van der Waals surface area contributed by atoms with Crippen LogP contribution in [0.1, 0.15) is 16.7 Å². The number of aromatic nitrogens is 1. The first-order valence-corrected chi connectivity index (χ1v) is 8.09. The predicted molar refractivity (Wildman–Crippen MR) is 85.1 cm³/mol. The van der Waals surface area contributed by atoms with E-state index in [1.54, 1.807) is 32.0 Å². The summed E-state index contributed by atoms with van der Waals surface area (Å²) in [5, 5.41) is 0.0945. The van der Waals surface area contributed by atoms with Gasteiger partial charge in [-0.3, -0.25) is 4.72 Å². The normalized spacial score (nSPS) is 11.4. The third-order valence-corrected chi connectivity index (χ3v) is 5.29. The zero-order valence-corrected chi connectivity index (χ0v) is 13.5. The summed E-state index contributed by atoms with van der Waals surface area (Å²) >= 11 is 5.90. The van der Waals surface area contributed by atoms with Crippen molar-refractivity contribution < 1.29 is 8.42 Å². The van der Waals surface area contributed by atoms with Gasteiger partial charge in [-0.15, -0.1) is 0 Å². The first-order valence-electron chi connectivity index (χ1n) is 6.23. The Balaban J connectivity index is 2.58. The van der Waals surface area contributed by atoms with Crippen LogP contribution in [-0.2, 0) is 10.0 Å². The van der Waals surface area contributed by atoms with Crippen molar-refractivity contribution in [2.24, 2.45) is 0 Å². The highest BCUT2D eigenvalue weighted by atomic mass is 35.5. The summed E-state index contributed by atoms with van der Waals surface area (Å²) in [5.74, 6) is 0. The minimum absolute atomic E-state index is 0.0945. The maximum Gasteiger partial charge on any atom is 0.262 e. The Labute approximate surface area is 129 Å². The van der Waals surface area contributed by atoms with Gasteiger partial charge in [-0.25, -0.2) is 13.4 Å². The van der Waals surface area contributed by atoms with Crippen LogP contribution in [0.15, 0.2) is 29.3 Å². The number of nitrogens with two attached hydrogens (primary N) is 1. The quantitative estimate of drug-likeness (QED) is 0.671. The Bertz CT molecular complexity index is 778. The van der Waals surface area contributed by atoms with E-state index in [1.807, 2.05) is 6.92 Å². The van der Waals surface area contributed by atoms with Gasteiger partial charge in [-0.1, -0.05) is 11.6 Å². The van der Waals surface area contributed by atoms with Crippen LogP contribution >= 0.6 is 11.6 Å². The highest BCUT2D eigenvalue weighted by Gasteiger charge is 2.23. The van der Waals surface area contributed by atoms with E-state index < -0.39 is 10.0 Å². The molecular formula is C14H16ClN3O2S. The fraction of sp³-hybridized carbons (Fsp3) is 0.214. The van der Waals surface area contributed by atoms with Crippen molar-refractivity contribution in [2.45, 2.75) is 25.7 Å². The molecule has 7 heteroatoms. The van der Waals surface area contributed by atoms with Crippen LogP contribution in [0.3, 0.4) is 0 Å². The molecule has 0 spiro atoms. The van der Waals surface area contributed by atoms with Gasteiger partial charge in [0.25, 0.3) is 10.0 Å². The van der Waals surface area contributed by atoms with E-state index in [0.717, 1.165) is 5.56 Å². The molecule has 1 aromatic heterocycles. The van der Waals surface area contributed by atoms with Gasteiger partial charge in [-0.2, -0.15) is 0 Å². The van der Waals surface area contributed by atoms with Crippen LogP contribution in [0.5, 0.6) is 0 Å². The van der Waals surface area contributed by atoms with Gasteiger partial charge in [0.05, 0.1) is 10.6 Å². The summed E-state index contributed by atoms with van der Waals surface area (Å²) < 4.78 is 27.8. The summed E-state index contributed by atoms with van der Waals surface area (Å²) in [6.07, 6.45) is 1.49. The zero-order valence-electron chi connectivity index (χ0n) is 11.9. The highest BCUT2D eigenvalue weighted by molar-refractivity contribution is 7.92. The Morgan fingerprint density at radius 2 is 1.90 bits per heavy atom. The average Bonchev–Trinajstić information content (AvgIpc) is 2.39. The molecular weight excluding hydrogens is 310 g/mol. The van der Waals surface area contributed by atoms with Crippen molar-refractivity contribution in [2.75, 3.05) is 10.5 Å². The number of nitrogens with zero attached hydrogens (tertiary/aromatic N) is 1. The Hall–Kier alpha value is -1.79. The number of benzene rings is 1. The summed E-state index contributed by atoms with van der Waals surface area (Å²) in [4.78, 5) is 4.03. The second kappa shape index (κ2) is 5.54. The molecule has 0 fully saturated rings. The molecule has 21 heavy (non-hydrogen) atoms. The van der Waals surface area contributed by atoms with Crippen LogP contribution in [0, 0.1) is 20.8 Å². The molecule has 0 saturated heterocycles. The second-order valence-corrected chi connectivity index (χ2v) is 6.79. The molecule has 1 heterocycles. The molecule has 0 aliphatic rings. The lowest BCUT2D eigenvalue weighted by molar-refractivity contribution is 0.600. The second-order valence-electron chi connectivity index (χ2n) is 4.81. The third-order valence-electron chi connectivity index (χ3n) is 3.35. The molecule has 112 valence electrons. The molecule has 0 radical (unpaired) electrons. The lowest BCUT2D eigenvalue weighted by Crippen LogP contribution is -2.17. The number of rotatable bonds is 3. The number of hydrogen-bond donors (Lipinski definition) is 2. The van der Waals surface area contributed by atoms with Crippen molar-refractivity contribution >= 4 is 33.0 Å². The van der Waals surface area contributed by atoms with Crippen molar-refractivity contribution in [3.05, 3.63) is 46.2 Å². The highest BCUT2D eigenvalue weighted by Crippen LogP contribution is 2.30. The Morgan fingerprint density at radius 3 is 2.52 bits per heavy atom. The molecule has 0 saturated carbocycles. The number of hydrogen-bond acceptors (Lipinski definition) is 4. The maximum atomic E-state index is 12.6. The van der Waals surface area contributed by atoms with Gasteiger partial charge < -0.3 is 5.73 Å². The molecule has 0 atom stereocenters. The molecule has 0 aliphatic heterocycles. The summed E-state index contributed by atoms with van der Waals surface area (Å²) in [6, 6.07) is 4.92. The molecule has 0 amide bonds. The minimum atomic E-state index is -3.80. The van der Waals surface area contributed by atoms with E-state index in [1.165, 1.54) is 6.20 Å². The molecule has 3 N–H and O–H groups in total. The fourth-order valence-electron chi connectivity index (χ4n) is 2.10. The van der Waals surface area contributed by atoms with Gasteiger partial charge in [0.15, 0.2) is 5.15 Å². The zero-order chi connectivity index (χ0) is 15.8. The van der Waals surface area contributed by atoms with E-state index in [-0.39, 0.29) is 15.7 Å². The lowest BCUT2D eigenvalue weighted by atomic mass is 10.1. The number of anilines is 2. The minimum Gasteiger partial charge on any atom is -0.398 e. The Kier molecular flexibility index (Phi) is 4.11. The number of pyridine rings is 1. The number of sulfonamides is 1. The van der Waals surface area contributed by atoms with E-state index in [2.05, 4.69) is 9.71 Å². The first kappa shape index (κ1) is 15.6. The van der Waals surface area contributed by atoms with Gasteiger partial charge in [0.2, 0.25) is 0 Å². The molecule has 0 aliphatic carbocycles. The van der Waals surface area contributed by atoms with Crippen LogP contribution < -0.4 is 10.5 Å². The molecule has 2 rings (SSSR count). The molecule has 1 aromatic carbocycles. The smallest absolute Gasteiger partial charge is 0.262 e. The van der Waals surface area contributed by atoms with Crippen LogP contribution in [0.25, 0.3) is 0 Å². The SMILES string of the molecule is Cc1cc(N)c(C)c(S(=O)(=O)Nc2cccnc2Cl)c1C. The van der Waals surface area contributed by atoms with Crippen molar-refractivity contribution in [3.63, 3.8) is 0 Å². The lowest BCUT2D eigenvalue weighted by Gasteiger charge is -2.16. The van der Waals surface area contributed by atoms with Crippen molar-refractivity contribution in [1.29, 1.82) is 0 Å². The van der Waals surface area contributed by atoms with Gasteiger partial charge in [0, 0.05) is 11.9 Å². The monoisotopic (exact) mass is 325 g/mol. The molecule has 0 unspecified atom stereocenters. The predicted octanol–water partition coefficient (Wildman–Crippen LogP) is 3.04. The van der Waals surface area contributed by atoms with E-state index in [9.17, 15) is 8.42 Å². The topological polar surface area (TPSA) is 85.1 Å². The van der Waals surface area contributed by atoms with Crippen molar-refractivity contribution in [3.8, 4) is 0 Å². The summed E-state index contributed by atoms with van der Waals surface area (Å²) in [5.41, 5.74) is 8.55. The van der Waals surface area contributed by atoms with Crippen LogP contribution in [0.2, 0.25) is 5.15 Å². The summed E-state index contributed by atoms with van der Waals surface area (Å²) in [6.45, 7) is 5.25. The van der Waals surface area contributed by atoms with E-state index in [4.69, 9.17) is 17.3 Å². The number of halogens is 1.